The molecule has 2 aromatic heterocycles. The first-order valence-corrected chi connectivity index (χ1v) is 6.98. The van der Waals surface area contributed by atoms with Crippen LogP contribution in [0.15, 0.2) is 17.0 Å². The Morgan fingerprint density at radius 1 is 1.37 bits per heavy atom. The van der Waals surface area contributed by atoms with Gasteiger partial charge in [0, 0.05) is 7.05 Å². The fourth-order valence-corrected chi connectivity index (χ4v) is 2.93. The zero-order valence-corrected chi connectivity index (χ0v) is 11.7. The lowest BCUT2D eigenvalue weighted by Crippen LogP contribution is -2.16. The Labute approximate surface area is 114 Å². The van der Waals surface area contributed by atoms with Crippen molar-refractivity contribution < 1.29 is 8.42 Å². The number of rotatable bonds is 3. The molecular formula is C9H11ClN6O2S. The summed E-state index contributed by atoms with van der Waals surface area (Å²) in [5.41, 5.74) is 6.02. The van der Waals surface area contributed by atoms with E-state index in [0.717, 1.165) is 0 Å². The standard InChI is InChI=1S/C9H11ClN6O2S/c1-5-8(9(11)14-16(5)2)19(17,18)15-7-4-3-6(10)12-13-7/h3-4H,1-2H3,(H2,11,14)(H,13,15). The number of nitrogen functional groups attached to an aromatic ring is 1. The summed E-state index contributed by atoms with van der Waals surface area (Å²) in [5.74, 6) is -0.0264. The quantitative estimate of drug-likeness (QED) is 0.855. The Kier molecular flexibility index (Phi) is 3.33. The SMILES string of the molecule is Cc1c(S(=O)(=O)Nc2ccc(Cl)nn2)c(N)nn1C. The Hall–Kier alpha value is -1.87. The van der Waals surface area contributed by atoms with Gasteiger partial charge in [-0.25, -0.2) is 8.42 Å². The van der Waals surface area contributed by atoms with Crippen molar-refractivity contribution in [2.45, 2.75) is 11.8 Å². The number of nitrogens with one attached hydrogen (secondary N) is 1. The number of nitrogens with zero attached hydrogens (tertiary/aromatic N) is 4. The zero-order valence-electron chi connectivity index (χ0n) is 10.1. The average Bonchev–Trinajstić information content (AvgIpc) is 2.56. The largest absolute Gasteiger partial charge is 0.381 e. The van der Waals surface area contributed by atoms with Crippen LogP contribution in [0.1, 0.15) is 5.69 Å². The Morgan fingerprint density at radius 3 is 2.53 bits per heavy atom. The first kappa shape index (κ1) is 13.6. The van der Waals surface area contributed by atoms with Crippen LogP contribution in [0.5, 0.6) is 0 Å². The van der Waals surface area contributed by atoms with Gasteiger partial charge in [-0.3, -0.25) is 9.40 Å². The first-order valence-electron chi connectivity index (χ1n) is 5.12. The molecule has 2 aromatic rings. The lowest BCUT2D eigenvalue weighted by atomic mass is 10.5. The van der Waals surface area contributed by atoms with Gasteiger partial charge in [0.05, 0.1) is 5.69 Å². The number of hydrogen-bond acceptors (Lipinski definition) is 6. The molecule has 3 N–H and O–H groups in total. The molecule has 0 aliphatic rings. The van der Waals surface area contributed by atoms with Crippen molar-refractivity contribution in [2.75, 3.05) is 10.5 Å². The van der Waals surface area contributed by atoms with Gasteiger partial charge in [-0.1, -0.05) is 11.6 Å². The maximum atomic E-state index is 12.2. The van der Waals surface area contributed by atoms with Crippen LogP contribution in [-0.4, -0.2) is 28.4 Å². The fourth-order valence-electron chi connectivity index (χ4n) is 1.51. The van der Waals surface area contributed by atoms with Crippen LogP contribution in [0, 0.1) is 6.92 Å². The molecule has 10 heteroatoms. The molecule has 0 unspecified atom stereocenters. The zero-order chi connectivity index (χ0) is 14.2. The molecule has 0 atom stereocenters. The van der Waals surface area contributed by atoms with Gasteiger partial charge in [-0.2, -0.15) is 5.10 Å². The molecule has 0 aliphatic carbocycles. The summed E-state index contributed by atoms with van der Waals surface area (Å²) in [6.07, 6.45) is 0. The summed E-state index contributed by atoms with van der Waals surface area (Å²) in [6, 6.07) is 2.82. The molecule has 0 fully saturated rings. The van der Waals surface area contributed by atoms with E-state index in [1.165, 1.54) is 16.8 Å². The molecule has 0 aliphatic heterocycles. The van der Waals surface area contributed by atoms with E-state index in [9.17, 15) is 8.42 Å². The molecule has 2 heterocycles. The van der Waals surface area contributed by atoms with E-state index in [4.69, 9.17) is 17.3 Å². The molecule has 0 saturated carbocycles. The normalized spacial score (nSPS) is 11.5. The molecule has 0 radical (unpaired) electrons. The Balaban J connectivity index is 2.40. The number of anilines is 2. The van der Waals surface area contributed by atoms with Crippen molar-refractivity contribution in [3.63, 3.8) is 0 Å². The van der Waals surface area contributed by atoms with Gasteiger partial charge in [-0.15, -0.1) is 10.2 Å². The molecule has 19 heavy (non-hydrogen) atoms. The van der Waals surface area contributed by atoms with Gasteiger partial charge in [0.15, 0.2) is 21.7 Å². The predicted molar refractivity (Wildman–Crippen MR) is 70.2 cm³/mol. The smallest absolute Gasteiger partial charge is 0.268 e. The number of nitrogens with two attached hydrogens (primary N) is 1. The highest BCUT2D eigenvalue weighted by Crippen LogP contribution is 2.23. The average molecular weight is 303 g/mol. The topological polar surface area (TPSA) is 116 Å². The van der Waals surface area contributed by atoms with E-state index >= 15 is 0 Å². The molecule has 0 saturated heterocycles. The van der Waals surface area contributed by atoms with E-state index in [1.807, 2.05) is 0 Å². The first-order chi connectivity index (χ1) is 8.81. The molecule has 0 spiro atoms. The number of halogens is 1. The van der Waals surface area contributed by atoms with Crippen molar-refractivity contribution in [2.24, 2.45) is 7.05 Å². The van der Waals surface area contributed by atoms with E-state index in [0.29, 0.717) is 5.69 Å². The van der Waals surface area contributed by atoms with Crippen molar-refractivity contribution >= 4 is 33.3 Å². The van der Waals surface area contributed by atoms with Gasteiger partial charge >= 0.3 is 0 Å². The van der Waals surface area contributed by atoms with E-state index in [-0.39, 0.29) is 21.7 Å². The molecule has 8 nitrogen and oxygen atoms in total. The van der Waals surface area contributed by atoms with Crippen molar-refractivity contribution in [3.8, 4) is 0 Å². The third kappa shape index (κ3) is 2.61. The monoisotopic (exact) mass is 302 g/mol. The minimum absolute atomic E-state index is 0.0482. The molecule has 0 amide bonds. The molecular weight excluding hydrogens is 292 g/mol. The van der Waals surface area contributed by atoms with Gasteiger partial charge in [0.2, 0.25) is 0 Å². The second-order valence-corrected chi connectivity index (χ2v) is 5.78. The highest BCUT2D eigenvalue weighted by Gasteiger charge is 2.25. The number of aryl methyl sites for hydroxylation is 1. The second-order valence-electron chi connectivity index (χ2n) is 3.77. The second kappa shape index (κ2) is 4.67. The Morgan fingerprint density at radius 2 is 2.05 bits per heavy atom. The molecule has 0 bridgehead atoms. The third-order valence-corrected chi connectivity index (χ3v) is 4.17. The number of aromatic nitrogens is 4. The summed E-state index contributed by atoms with van der Waals surface area (Å²) < 4.78 is 28.0. The highest BCUT2D eigenvalue weighted by atomic mass is 35.5. The third-order valence-electron chi connectivity index (χ3n) is 2.44. The summed E-state index contributed by atoms with van der Waals surface area (Å²) in [6.45, 7) is 1.60. The van der Waals surface area contributed by atoms with Crippen LogP contribution in [0.3, 0.4) is 0 Å². The van der Waals surface area contributed by atoms with E-state index in [2.05, 4.69) is 20.0 Å². The lowest BCUT2D eigenvalue weighted by Gasteiger charge is -2.06. The summed E-state index contributed by atoms with van der Waals surface area (Å²) >= 11 is 5.57. The van der Waals surface area contributed by atoms with Crippen LogP contribution in [0.4, 0.5) is 11.6 Å². The summed E-state index contributed by atoms with van der Waals surface area (Å²) in [5, 5.41) is 11.2. The summed E-state index contributed by atoms with van der Waals surface area (Å²) in [7, 11) is -2.27. The van der Waals surface area contributed by atoms with E-state index in [1.54, 1.807) is 14.0 Å². The number of hydrogen-bond donors (Lipinski definition) is 2. The van der Waals surface area contributed by atoms with Crippen molar-refractivity contribution in [1.29, 1.82) is 0 Å². The van der Waals surface area contributed by atoms with Gasteiger partial charge < -0.3 is 5.73 Å². The van der Waals surface area contributed by atoms with Crippen LogP contribution in [0.25, 0.3) is 0 Å². The van der Waals surface area contributed by atoms with Gasteiger partial charge in [-0.05, 0) is 19.1 Å². The van der Waals surface area contributed by atoms with Gasteiger partial charge in [0.1, 0.15) is 0 Å². The van der Waals surface area contributed by atoms with Gasteiger partial charge in [0.25, 0.3) is 10.0 Å². The maximum absolute atomic E-state index is 12.2. The molecule has 102 valence electrons. The Bertz CT molecular complexity index is 709. The van der Waals surface area contributed by atoms with Crippen LogP contribution in [-0.2, 0) is 17.1 Å². The maximum Gasteiger partial charge on any atom is 0.268 e. The van der Waals surface area contributed by atoms with Crippen LogP contribution < -0.4 is 10.5 Å². The van der Waals surface area contributed by atoms with Crippen LogP contribution >= 0.6 is 11.6 Å². The van der Waals surface area contributed by atoms with Crippen LogP contribution in [0.2, 0.25) is 5.15 Å². The van der Waals surface area contributed by atoms with Crippen molar-refractivity contribution in [1.82, 2.24) is 20.0 Å². The van der Waals surface area contributed by atoms with E-state index < -0.39 is 10.0 Å². The summed E-state index contributed by atoms with van der Waals surface area (Å²) in [4.78, 5) is -0.0771. The highest BCUT2D eigenvalue weighted by molar-refractivity contribution is 7.93. The molecule has 0 aromatic carbocycles. The minimum Gasteiger partial charge on any atom is -0.381 e. The predicted octanol–water partition coefficient (Wildman–Crippen LogP) is 0.555. The minimum atomic E-state index is -3.87. The fraction of sp³-hybridized carbons (Fsp3) is 0.222. The molecule has 2 rings (SSSR count). The van der Waals surface area contributed by atoms with Crippen molar-refractivity contribution in [3.05, 3.63) is 23.0 Å². The number of sulfonamides is 1. The lowest BCUT2D eigenvalue weighted by molar-refractivity contribution is 0.600.